The Bertz CT molecular complexity index is 557. The van der Waals surface area contributed by atoms with Gasteiger partial charge in [-0.25, -0.2) is 9.78 Å². The van der Waals surface area contributed by atoms with Crippen molar-refractivity contribution in [2.75, 3.05) is 20.2 Å². The fraction of sp³-hybridized carbons (Fsp3) is 0.286. The third-order valence-corrected chi connectivity index (χ3v) is 3.64. The average Bonchev–Trinajstić information content (AvgIpc) is 2.95. The first kappa shape index (κ1) is 14.5. The van der Waals surface area contributed by atoms with Gasteiger partial charge in [-0.1, -0.05) is 30.3 Å². The molecule has 1 heterocycles. The van der Waals surface area contributed by atoms with Crippen LogP contribution in [0.3, 0.4) is 0 Å². The number of urea groups is 1. The van der Waals surface area contributed by atoms with Gasteiger partial charge >= 0.3 is 6.03 Å². The monoisotopic (exact) mass is 291 g/mol. The van der Waals surface area contributed by atoms with E-state index in [0.717, 1.165) is 16.3 Å². The maximum absolute atomic E-state index is 11.7. The summed E-state index contributed by atoms with van der Waals surface area (Å²) < 4.78 is 0. The van der Waals surface area contributed by atoms with E-state index in [4.69, 9.17) is 5.11 Å². The molecule has 0 spiro atoms. The number of nitrogens with zero attached hydrogens (tertiary/aromatic N) is 2. The molecule has 2 amide bonds. The molecule has 5 nitrogen and oxygen atoms in total. The molecule has 0 radical (unpaired) electrons. The van der Waals surface area contributed by atoms with E-state index in [0.29, 0.717) is 13.1 Å². The molecule has 0 aliphatic rings. The van der Waals surface area contributed by atoms with Gasteiger partial charge in [-0.2, -0.15) is 0 Å². The molecule has 6 heteroatoms. The van der Waals surface area contributed by atoms with E-state index in [1.54, 1.807) is 7.05 Å². The first-order chi connectivity index (χ1) is 9.70. The maximum atomic E-state index is 11.7. The minimum absolute atomic E-state index is 0.0423. The lowest BCUT2D eigenvalue weighted by Crippen LogP contribution is -2.38. The van der Waals surface area contributed by atoms with E-state index in [-0.39, 0.29) is 12.6 Å². The molecule has 2 aromatic rings. The van der Waals surface area contributed by atoms with Crippen LogP contribution in [0.2, 0.25) is 0 Å². The zero-order valence-corrected chi connectivity index (χ0v) is 12.1. The number of carbonyl (C=O) groups excluding carboxylic acids is 1. The maximum Gasteiger partial charge on any atom is 0.317 e. The number of thiazole rings is 1. The van der Waals surface area contributed by atoms with Crippen LogP contribution in [-0.4, -0.2) is 41.2 Å². The predicted octanol–water partition coefficient (Wildman–Crippen LogP) is 1.94. The fourth-order valence-electron chi connectivity index (χ4n) is 1.67. The first-order valence-electron chi connectivity index (χ1n) is 6.30. The van der Waals surface area contributed by atoms with Gasteiger partial charge in [0, 0.05) is 24.5 Å². The van der Waals surface area contributed by atoms with Crippen molar-refractivity contribution in [2.24, 2.45) is 0 Å². The fourth-order valence-corrected chi connectivity index (χ4v) is 2.41. The quantitative estimate of drug-likeness (QED) is 0.885. The molecule has 1 aromatic carbocycles. The molecule has 0 saturated heterocycles. The average molecular weight is 291 g/mol. The Kier molecular flexibility index (Phi) is 5.09. The Hall–Kier alpha value is -1.92. The molecule has 0 unspecified atom stereocenters. The number of amides is 2. The second-order valence-corrected chi connectivity index (χ2v) is 5.24. The van der Waals surface area contributed by atoms with Crippen LogP contribution in [-0.2, 0) is 6.54 Å². The van der Waals surface area contributed by atoms with Gasteiger partial charge in [0.15, 0.2) is 0 Å². The molecule has 0 bridgehead atoms. The number of likely N-dealkylation sites (N-methyl/N-ethyl adjacent to an activating group) is 1. The molecule has 2 rings (SSSR count). The first-order valence-corrected chi connectivity index (χ1v) is 7.18. The van der Waals surface area contributed by atoms with Crippen molar-refractivity contribution in [2.45, 2.75) is 6.54 Å². The highest BCUT2D eigenvalue weighted by atomic mass is 32.1. The van der Waals surface area contributed by atoms with Gasteiger partial charge in [-0.3, -0.25) is 0 Å². The highest BCUT2D eigenvalue weighted by molar-refractivity contribution is 7.09. The van der Waals surface area contributed by atoms with Crippen LogP contribution in [0.1, 0.15) is 5.01 Å². The third-order valence-electron chi connectivity index (χ3n) is 2.79. The molecule has 0 aliphatic heterocycles. The minimum atomic E-state index is -0.212. The van der Waals surface area contributed by atoms with Gasteiger partial charge in [-0.15, -0.1) is 11.3 Å². The number of aliphatic hydroxyl groups excluding tert-OH is 1. The molecule has 0 saturated carbocycles. The third kappa shape index (κ3) is 3.79. The highest BCUT2D eigenvalue weighted by Gasteiger charge is 2.09. The van der Waals surface area contributed by atoms with Crippen molar-refractivity contribution < 1.29 is 9.90 Å². The standard InChI is InChI=1S/C14H17N3O2S/c1-17(7-8-18)14(19)15-9-13-16-12(10-20-13)11-5-3-2-4-6-11/h2-6,10,18H,7-9H2,1H3,(H,15,19). The van der Waals surface area contributed by atoms with E-state index in [1.807, 2.05) is 35.7 Å². The number of aliphatic hydroxyl groups is 1. The number of hydrogen-bond acceptors (Lipinski definition) is 4. The number of rotatable bonds is 5. The van der Waals surface area contributed by atoms with Gasteiger partial charge in [0.05, 0.1) is 18.8 Å². The smallest absolute Gasteiger partial charge is 0.317 e. The lowest BCUT2D eigenvalue weighted by molar-refractivity contribution is 0.190. The van der Waals surface area contributed by atoms with E-state index in [1.165, 1.54) is 16.2 Å². The highest BCUT2D eigenvalue weighted by Crippen LogP contribution is 2.21. The molecule has 0 atom stereocenters. The molecular formula is C14H17N3O2S. The molecule has 0 aliphatic carbocycles. The normalized spacial score (nSPS) is 10.3. The van der Waals surface area contributed by atoms with Crippen LogP contribution in [0, 0.1) is 0 Å². The molecule has 2 N–H and O–H groups in total. The van der Waals surface area contributed by atoms with Crippen molar-refractivity contribution in [3.63, 3.8) is 0 Å². The lowest BCUT2D eigenvalue weighted by Gasteiger charge is -2.15. The van der Waals surface area contributed by atoms with Crippen molar-refractivity contribution in [1.82, 2.24) is 15.2 Å². The molecule has 20 heavy (non-hydrogen) atoms. The topological polar surface area (TPSA) is 65.5 Å². The number of aromatic nitrogens is 1. The predicted molar refractivity (Wildman–Crippen MR) is 79.5 cm³/mol. The Morgan fingerprint density at radius 1 is 1.40 bits per heavy atom. The minimum Gasteiger partial charge on any atom is -0.395 e. The number of nitrogens with one attached hydrogen (secondary N) is 1. The summed E-state index contributed by atoms with van der Waals surface area (Å²) in [5.41, 5.74) is 1.99. The zero-order valence-electron chi connectivity index (χ0n) is 11.2. The Labute approximate surface area is 121 Å². The number of carbonyl (C=O) groups is 1. The van der Waals surface area contributed by atoms with Crippen LogP contribution < -0.4 is 5.32 Å². The Morgan fingerprint density at radius 2 is 2.15 bits per heavy atom. The summed E-state index contributed by atoms with van der Waals surface area (Å²) in [6, 6.07) is 9.71. The second-order valence-electron chi connectivity index (χ2n) is 4.30. The SMILES string of the molecule is CN(CCO)C(=O)NCc1nc(-c2ccccc2)cs1. The number of hydrogen-bond donors (Lipinski definition) is 2. The summed E-state index contributed by atoms with van der Waals surface area (Å²) in [6.45, 7) is 0.671. The Morgan fingerprint density at radius 3 is 2.85 bits per heavy atom. The van der Waals surface area contributed by atoms with Crippen molar-refractivity contribution in [3.8, 4) is 11.3 Å². The van der Waals surface area contributed by atoms with Crippen LogP contribution >= 0.6 is 11.3 Å². The summed E-state index contributed by atoms with van der Waals surface area (Å²) in [7, 11) is 1.64. The summed E-state index contributed by atoms with van der Waals surface area (Å²) in [5.74, 6) is 0. The summed E-state index contributed by atoms with van der Waals surface area (Å²) in [4.78, 5) is 17.6. The van der Waals surface area contributed by atoms with Gasteiger partial charge in [0.25, 0.3) is 0 Å². The molecular weight excluding hydrogens is 274 g/mol. The van der Waals surface area contributed by atoms with Gasteiger partial charge in [-0.05, 0) is 0 Å². The number of benzene rings is 1. The van der Waals surface area contributed by atoms with Gasteiger partial charge in [0.1, 0.15) is 5.01 Å². The summed E-state index contributed by atoms with van der Waals surface area (Å²) in [5, 5.41) is 14.4. The van der Waals surface area contributed by atoms with E-state index in [2.05, 4.69) is 10.3 Å². The Balaban J connectivity index is 1.92. The largest absolute Gasteiger partial charge is 0.395 e. The summed E-state index contributed by atoms with van der Waals surface area (Å²) in [6.07, 6.45) is 0. The second kappa shape index (κ2) is 7.02. The van der Waals surface area contributed by atoms with Crippen molar-refractivity contribution >= 4 is 17.4 Å². The van der Waals surface area contributed by atoms with Crippen molar-refractivity contribution in [1.29, 1.82) is 0 Å². The molecule has 106 valence electrons. The van der Waals surface area contributed by atoms with Crippen LogP contribution in [0.15, 0.2) is 35.7 Å². The lowest BCUT2D eigenvalue weighted by atomic mass is 10.2. The van der Waals surface area contributed by atoms with Crippen LogP contribution in [0.4, 0.5) is 4.79 Å². The molecule has 1 aromatic heterocycles. The van der Waals surface area contributed by atoms with E-state index >= 15 is 0 Å². The van der Waals surface area contributed by atoms with Crippen molar-refractivity contribution in [3.05, 3.63) is 40.7 Å². The van der Waals surface area contributed by atoms with Crippen LogP contribution in [0.25, 0.3) is 11.3 Å². The zero-order chi connectivity index (χ0) is 14.4. The van der Waals surface area contributed by atoms with Crippen LogP contribution in [0.5, 0.6) is 0 Å². The van der Waals surface area contributed by atoms with Gasteiger partial charge in [0.2, 0.25) is 0 Å². The summed E-state index contributed by atoms with van der Waals surface area (Å²) >= 11 is 1.52. The molecule has 0 fully saturated rings. The van der Waals surface area contributed by atoms with Gasteiger partial charge < -0.3 is 15.3 Å². The van der Waals surface area contributed by atoms with E-state index in [9.17, 15) is 4.79 Å². The van der Waals surface area contributed by atoms with E-state index < -0.39 is 0 Å².